The van der Waals surface area contributed by atoms with Crippen LogP contribution in [0.5, 0.6) is 0 Å². The molecular formula is C19H20FN3O3. The van der Waals surface area contributed by atoms with E-state index >= 15 is 0 Å². The monoisotopic (exact) mass is 357 g/mol. The molecule has 1 fully saturated rings. The number of para-hydroxylation sites is 1. The summed E-state index contributed by atoms with van der Waals surface area (Å²) in [5.41, 5.74) is 1.57. The zero-order chi connectivity index (χ0) is 18.5. The summed E-state index contributed by atoms with van der Waals surface area (Å²) in [6, 6.07) is 12.6. The molecule has 7 heteroatoms. The molecule has 2 amide bonds. The molecule has 1 heterocycles. The van der Waals surface area contributed by atoms with Gasteiger partial charge in [0, 0.05) is 25.7 Å². The lowest BCUT2D eigenvalue weighted by atomic mass is 10.1. The van der Waals surface area contributed by atoms with Crippen molar-refractivity contribution >= 4 is 17.7 Å². The number of anilines is 1. The van der Waals surface area contributed by atoms with Gasteiger partial charge in [-0.2, -0.15) is 0 Å². The van der Waals surface area contributed by atoms with Gasteiger partial charge in [0.1, 0.15) is 5.82 Å². The van der Waals surface area contributed by atoms with Crippen LogP contribution in [-0.4, -0.2) is 36.2 Å². The molecule has 0 saturated carbocycles. The fraction of sp³-hybridized carbons (Fsp3) is 0.263. The largest absolute Gasteiger partial charge is 0.478 e. The normalized spacial score (nSPS) is 16.3. The van der Waals surface area contributed by atoms with Crippen molar-refractivity contribution in [2.45, 2.75) is 19.0 Å². The highest BCUT2D eigenvalue weighted by Crippen LogP contribution is 2.23. The van der Waals surface area contributed by atoms with Crippen molar-refractivity contribution in [1.82, 2.24) is 10.6 Å². The molecule has 0 spiro atoms. The first-order valence-corrected chi connectivity index (χ1v) is 8.39. The summed E-state index contributed by atoms with van der Waals surface area (Å²) in [6.45, 7) is 1.54. The highest BCUT2D eigenvalue weighted by atomic mass is 19.1. The molecule has 6 nitrogen and oxygen atoms in total. The number of nitrogens with zero attached hydrogens (tertiary/aromatic N) is 1. The molecule has 3 rings (SSSR count). The van der Waals surface area contributed by atoms with Gasteiger partial charge in [-0.25, -0.2) is 14.0 Å². The van der Waals surface area contributed by atoms with Crippen LogP contribution in [-0.2, 0) is 6.54 Å². The Bertz CT molecular complexity index is 795. The quantitative estimate of drug-likeness (QED) is 0.768. The number of carboxylic acid groups (broad SMARTS) is 1. The van der Waals surface area contributed by atoms with Gasteiger partial charge < -0.3 is 20.6 Å². The van der Waals surface area contributed by atoms with Crippen LogP contribution in [0.25, 0.3) is 0 Å². The van der Waals surface area contributed by atoms with Gasteiger partial charge in [0.2, 0.25) is 0 Å². The topological polar surface area (TPSA) is 81.7 Å². The second kappa shape index (κ2) is 7.86. The van der Waals surface area contributed by atoms with Crippen LogP contribution in [0.3, 0.4) is 0 Å². The average Bonchev–Trinajstić information content (AvgIpc) is 3.09. The van der Waals surface area contributed by atoms with Gasteiger partial charge in [0.15, 0.2) is 0 Å². The van der Waals surface area contributed by atoms with E-state index in [1.807, 2.05) is 4.90 Å². The molecule has 0 radical (unpaired) electrons. The molecule has 1 aliphatic heterocycles. The fourth-order valence-electron chi connectivity index (χ4n) is 2.99. The zero-order valence-electron chi connectivity index (χ0n) is 14.1. The Kier molecular flexibility index (Phi) is 5.36. The first-order valence-electron chi connectivity index (χ1n) is 8.39. The third kappa shape index (κ3) is 4.30. The van der Waals surface area contributed by atoms with E-state index in [0.29, 0.717) is 25.3 Å². The van der Waals surface area contributed by atoms with Crippen molar-refractivity contribution in [1.29, 1.82) is 0 Å². The minimum absolute atomic E-state index is 0.0519. The third-order valence-electron chi connectivity index (χ3n) is 4.37. The number of carbonyl (C=O) groups excluding carboxylic acids is 1. The molecule has 3 N–H and O–H groups in total. The van der Waals surface area contributed by atoms with Crippen molar-refractivity contribution in [2.75, 3.05) is 18.0 Å². The lowest BCUT2D eigenvalue weighted by Crippen LogP contribution is -2.43. The molecule has 26 heavy (non-hydrogen) atoms. The van der Waals surface area contributed by atoms with Gasteiger partial charge >= 0.3 is 12.0 Å². The highest BCUT2D eigenvalue weighted by Gasteiger charge is 2.25. The number of urea groups is 1. The summed E-state index contributed by atoms with van der Waals surface area (Å²) in [5.74, 6) is -1.25. The van der Waals surface area contributed by atoms with E-state index < -0.39 is 5.97 Å². The Morgan fingerprint density at radius 2 is 1.88 bits per heavy atom. The lowest BCUT2D eigenvalue weighted by molar-refractivity contribution is 0.0697. The molecule has 0 bridgehead atoms. The number of nitrogens with one attached hydrogen (secondary N) is 2. The molecule has 1 aliphatic rings. The van der Waals surface area contributed by atoms with Crippen LogP contribution in [0.4, 0.5) is 14.9 Å². The van der Waals surface area contributed by atoms with Gasteiger partial charge in [-0.1, -0.05) is 24.3 Å². The number of benzene rings is 2. The number of rotatable bonds is 5. The summed E-state index contributed by atoms with van der Waals surface area (Å²) < 4.78 is 13.8. The van der Waals surface area contributed by atoms with Crippen LogP contribution >= 0.6 is 0 Å². The Morgan fingerprint density at radius 3 is 2.58 bits per heavy atom. The van der Waals surface area contributed by atoms with Gasteiger partial charge in [0.25, 0.3) is 0 Å². The van der Waals surface area contributed by atoms with Gasteiger partial charge in [-0.15, -0.1) is 0 Å². The number of hydrogen-bond donors (Lipinski definition) is 3. The number of amides is 2. The molecule has 0 aliphatic carbocycles. The van der Waals surface area contributed by atoms with Crippen molar-refractivity contribution in [3.63, 3.8) is 0 Å². The average molecular weight is 357 g/mol. The SMILES string of the molecule is O=C(NCc1ccc(C(=O)O)cc1)NC1CCN(c2ccccc2F)C1. The number of aromatic carboxylic acids is 1. The van der Waals surface area contributed by atoms with E-state index in [-0.39, 0.29) is 23.5 Å². The molecule has 1 unspecified atom stereocenters. The smallest absolute Gasteiger partial charge is 0.335 e. The first-order chi connectivity index (χ1) is 12.5. The predicted molar refractivity (Wildman–Crippen MR) is 95.8 cm³/mol. The number of carbonyl (C=O) groups is 2. The second-order valence-electron chi connectivity index (χ2n) is 6.21. The van der Waals surface area contributed by atoms with Gasteiger partial charge in [-0.3, -0.25) is 0 Å². The van der Waals surface area contributed by atoms with Crippen LogP contribution in [0, 0.1) is 5.82 Å². The van der Waals surface area contributed by atoms with Crippen LogP contribution in [0.1, 0.15) is 22.3 Å². The van der Waals surface area contributed by atoms with E-state index in [1.54, 1.807) is 30.3 Å². The maximum absolute atomic E-state index is 13.8. The predicted octanol–water partition coefficient (Wildman–Crippen LogP) is 2.60. The standard InChI is InChI=1S/C19H20FN3O3/c20-16-3-1-2-4-17(16)23-10-9-15(12-23)22-19(26)21-11-13-5-7-14(8-6-13)18(24)25/h1-8,15H,9-12H2,(H,24,25)(H2,21,22,26). The Balaban J connectivity index is 1.47. The third-order valence-corrected chi connectivity index (χ3v) is 4.37. The summed E-state index contributed by atoms with van der Waals surface area (Å²) >= 11 is 0. The molecule has 1 atom stereocenters. The molecule has 0 aromatic heterocycles. The molecular weight excluding hydrogens is 337 g/mol. The molecule has 2 aromatic carbocycles. The molecule has 2 aromatic rings. The van der Waals surface area contributed by atoms with E-state index in [4.69, 9.17) is 5.11 Å². The van der Waals surface area contributed by atoms with Gasteiger partial charge in [0.05, 0.1) is 11.3 Å². The highest BCUT2D eigenvalue weighted by molar-refractivity contribution is 5.87. The van der Waals surface area contributed by atoms with Crippen LogP contribution < -0.4 is 15.5 Å². The number of halogens is 1. The van der Waals surface area contributed by atoms with E-state index in [9.17, 15) is 14.0 Å². The van der Waals surface area contributed by atoms with Crippen molar-refractivity contribution in [3.05, 3.63) is 65.5 Å². The van der Waals surface area contributed by atoms with Gasteiger partial charge in [-0.05, 0) is 36.2 Å². The summed E-state index contributed by atoms with van der Waals surface area (Å²) in [4.78, 5) is 24.8. The van der Waals surface area contributed by atoms with Crippen molar-refractivity contribution in [2.24, 2.45) is 0 Å². The number of carboxylic acids is 1. The second-order valence-corrected chi connectivity index (χ2v) is 6.21. The maximum atomic E-state index is 13.8. The minimum atomic E-state index is -0.983. The van der Waals surface area contributed by atoms with Crippen molar-refractivity contribution in [3.8, 4) is 0 Å². The Labute approximate surface area is 150 Å². The molecule has 136 valence electrons. The van der Waals surface area contributed by atoms with E-state index in [2.05, 4.69) is 10.6 Å². The van der Waals surface area contributed by atoms with E-state index in [0.717, 1.165) is 12.0 Å². The molecule has 1 saturated heterocycles. The van der Waals surface area contributed by atoms with Crippen LogP contribution in [0.2, 0.25) is 0 Å². The van der Waals surface area contributed by atoms with E-state index in [1.165, 1.54) is 18.2 Å². The van der Waals surface area contributed by atoms with Crippen LogP contribution in [0.15, 0.2) is 48.5 Å². The summed E-state index contributed by atoms with van der Waals surface area (Å²) in [7, 11) is 0. The Morgan fingerprint density at radius 1 is 1.15 bits per heavy atom. The minimum Gasteiger partial charge on any atom is -0.478 e. The van der Waals surface area contributed by atoms with Crippen molar-refractivity contribution < 1.29 is 19.1 Å². The summed E-state index contributed by atoms with van der Waals surface area (Å²) in [6.07, 6.45) is 0.745. The maximum Gasteiger partial charge on any atom is 0.335 e. The first kappa shape index (κ1) is 17.7. The zero-order valence-corrected chi connectivity index (χ0v) is 14.1. The number of hydrogen-bond acceptors (Lipinski definition) is 3. The lowest BCUT2D eigenvalue weighted by Gasteiger charge is -2.19. The Hall–Kier alpha value is -3.09. The summed E-state index contributed by atoms with van der Waals surface area (Å²) in [5, 5.41) is 14.5. The fourth-order valence-corrected chi connectivity index (χ4v) is 2.99.